The molecule has 0 unspecified atom stereocenters. The first-order chi connectivity index (χ1) is 12.3. The molecule has 0 atom stereocenters. The fourth-order valence-electron chi connectivity index (χ4n) is 2.41. The molecular weight excluding hydrogens is 373 g/mol. The molecule has 0 radical (unpaired) electrons. The van der Waals surface area contributed by atoms with Crippen LogP contribution in [-0.4, -0.2) is 15.7 Å². The number of carbonyl (C=O) groups excluding carboxylic acids is 1. The zero-order valence-electron chi connectivity index (χ0n) is 14.7. The minimum absolute atomic E-state index is 0.0632. The normalized spacial score (nSPS) is 11.6. The second-order valence-corrected chi connectivity index (χ2v) is 8.70. The van der Waals surface area contributed by atoms with Gasteiger partial charge in [0.2, 0.25) is 0 Å². The largest absolute Gasteiger partial charge is 0.363 e. The van der Waals surface area contributed by atoms with Gasteiger partial charge in [-0.05, 0) is 12.1 Å². The van der Waals surface area contributed by atoms with Gasteiger partial charge in [0, 0.05) is 15.9 Å². The van der Waals surface area contributed by atoms with Crippen LogP contribution in [0.4, 0.5) is 10.2 Å². The van der Waals surface area contributed by atoms with Crippen molar-refractivity contribution in [3.8, 4) is 11.3 Å². The highest BCUT2D eigenvalue weighted by Crippen LogP contribution is 2.30. The Balaban J connectivity index is 2.02. The van der Waals surface area contributed by atoms with Gasteiger partial charge in [-0.15, -0.1) is 11.3 Å². The second-order valence-electron chi connectivity index (χ2n) is 6.90. The lowest BCUT2D eigenvalue weighted by atomic mass is 9.96. The third-order valence-corrected chi connectivity index (χ3v) is 5.00. The number of rotatable bonds is 4. The highest BCUT2D eigenvalue weighted by atomic mass is 35.5. The molecule has 7 heteroatoms. The maximum Gasteiger partial charge on any atom is 0.254 e. The van der Waals surface area contributed by atoms with Crippen molar-refractivity contribution in [3.63, 3.8) is 0 Å². The molecule has 0 amide bonds. The summed E-state index contributed by atoms with van der Waals surface area (Å²) in [7, 11) is 0. The third-order valence-electron chi connectivity index (χ3n) is 3.77. The SMILES string of the molecule is CC(C)(C)C(=O)n1nc(-c2ccccc2)c(F)c1NCc1ccc(Cl)s1. The van der Waals surface area contributed by atoms with E-state index in [0.29, 0.717) is 16.4 Å². The molecule has 0 bridgehead atoms. The Morgan fingerprint density at radius 3 is 2.50 bits per heavy atom. The zero-order valence-corrected chi connectivity index (χ0v) is 16.3. The fraction of sp³-hybridized carbons (Fsp3) is 0.263. The highest BCUT2D eigenvalue weighted by Gasteiger charge is 2.30. The van der Waals surface area contributed by atoms with Gasteiger partial charge in [-0.25, -0.2) is 4.39 Å². The molecule has 0 fully saturated rings. The van der Waals surface area contributed by atoms with E-state index in [1.165, 1.54) is 11.3 Å². The number of aromatic nitrogens is 2. The first kappa shape index (κ1) is 18.6. The van der Waals surface area contributed by atoms with Gasteiger partial charge in [0.1, 0.15) is 5.69 Å². The van der Waals surface area contributed by atoms with E-state index >= 15 is 4.39 Å². The summed E-state index contributed by atoms with van der Waals surface area (Å²) in [5, 5.41) is 7.28. The summed E-state index contributed by atoms with van der Waals surface area (Å²) in [5.74, 6) is -0.768. The van der Waals surface area contributed by atoms with Crippen LogP contribution >= 0.6 is 22.9 Å². The summed E-state index contributed by atoms with van der Waals surface area (Å²) < 4.78 is 16.9. The summed E-state index contributed by atoms with van der Waals surface area (Å²) in [6.45, 7) is 5.69. The number of hydrogen-bond donors (Lipinski definition) is 1. The van der Waals surface area contributed by atoms with Gasteiger partial charge in [-0.3, -0.25) is 4.79 Å². The van der Waals surface area contributed by atoms with E-state index in [1.807, 2.05) is 12.1 Å². The molecule has 136 valence electrons. The van der Waals surface area contributed by atoms with Gasteiger partial charge in [0.25, 0.3) is 5.91 Å². The molecule has 2 heterocycles. The van der Waals surface area contributed by atoms with Crippen molar-refractivity contribution in [1.82, 2.24) is 9.78 Å². The molecule has 3 rings (SSSR count). The number of anilines is 1. The Morgan fingerprint density at radius 1 is 1.23 bits per heavy atom. The van der Waals surface area contributed by atoms with E-state index < -0.39 is 11.2 Å². The van der Waals surface area contributed by atoms with E-state index in [2.05, 4.69) is 10.4 Å². The molecular formula is C19H19ClFN3OS. The number of nitrogens with zero attached hydrogens (tertiary/aromatic N) is 2. The van der Waals surface area contributed by atoms with Gasteiger partial charge >= 0.3 is 0 Å². The minimum Gasteiger partial charge on any atom is -0.363 e. The Kier molecular flexibility index (Phi) is 5.16. The molecule has 0 aliphatic rings. The smallest absolute Gasteiger partial charge is 0.254 e. The van der Waals surface area contributed by atoms with Crippen molar-refractivity contribution < 1.29 is 9.18 Å². The van der Waals surface area contributed by atoms with Gasteiger partial charge in [0.15, 0.2) is 11.6 Å². The van der Waals surface area contributed by atoms with Crippen LogP contribution in [0.2, 0.25) is 4.34 Å². The van der Waals surface area contributed by atoms with Crippen LogP contribution in [0.5, 0.6) is 0 Å². The lowest BCUT2D eigenvalue weighted by Gasteiger charge is -2.18. The number of halogens is 2. The zero-order chi connectivity index (χ0) is 18.9. The van der Waals surface area contributed by atoms with Crippen molar-refractivity contribution in [2.45, 2.75) is 27.3 Å². The Labute approximate surface area is 160 Å². The van der Waals surface area contributed by atoms with Gasteiger partial charge < -0.3 is 5.32 Å². The van der Waals surface area contributed by atoms with Crippen LogP contribution in [0.25, 0.3) is 11.3 Å². The number of carbonyl (C=O) groups is 1. The molecule has 0 aliphatic carbocycles. The molecule has 2 aromatic heterocycles. The predicted octanol–water partition coefficient (Wildman–Crippen LogP) is 5.70. The van der Waals surface area contributed by atoms with E-state index in [9.17, 15) is 4.79 Å². The van der Waals surface area contributed by atoms with Crippen molar-refractivity contribution in [2.24, 2.45) is 5.41 Å². The van der Waals surface area contributed by atoms with E-state index in [4.69, 9.17) is 11.6 Å². The number of benzene rings is 1. The number of hydrogen-bond acceptors (Lipinski definition) is 4. The number of thiophene rings is 1. The van der Waals surface area contributed by atoms with Crippen LogP contribution in [-0.2, 0) is 6.54 Å². The average molecular weight is 392 g/mol. The van der Waals surface area contributed by atoms with Crippen molar-refractivity contribution >= 4 is 34.7 Å². The summed E-state index contributed by atoms with van der Waals surface area (Å²) in [6, 6.07) is 12.6. The average Bonchev–Trinajstić information content (AvgIpc) is 3.15. The summed E-state index contributed by atoms with van der Waals surface area (Å²) in [4.78, 5) is 13.7. The quantitative estimate of drug-likeness (QED) is 0.620. The Hall–Kier alpha value is -2.18. The van der Waals surface area contributed by atoms with Crippen LogP contribution in [0.3, 0.4) is 0 Å². The summed E-state index contributed by atoms with van der Waals surface area (Å²) >= 11 is 7.35. The molecule has 26 heavy (non-hydrogen) atoms. The summed E-state index contributed by atoms with van der Waals surface area (Å²) in [6.07, 6.45) is 0. The molecule has 4 nitrogen and oxygen atoms in total. The van der Waals surface area contributed by atoms with Crippen LogP contribution < -0.4 is 5.32 Å². The molecule has 0 saturated carbocycles. The lowest BCUT2D eigenvalue weighted by molar-refractivity contribution is 0.0752. The first-order valence-corrected chi connectivity index (χ1v) is 9.33. The van der Waals surface area contributed by atoms with E-state index in [0.717, 1.165) is 9.56 Å². The molecule has 3 aromatic rings. The van der Waals surface area contributed by atoms with Crippen LogP contribution in [0.1, 0.15) is 30.4 Å². The monoisotopic (exact) mass is 391 g/mol. The van der Waals surface area contributed by atoms with Crippen molar-refractivity contribution in [2.75, 3.05) is 5.32 Å². The molecule has 0 saturated heterocycles. The van der Waals surface area contributed by atoms with E-state index in [-0.39, 0.29) is 17.4 Å². The van der Waals surface area contributed by atoms with Gasteiger partial charge in [-0.1, -0.05) is 62.7 Å². The highest BCUT2D eigenvalue weighted by molar-refractivity contribution is 7.16. The van der Waals surface area contributed by atoms with Crippen molar-refractivity contribution in [3.05, 3.63) is 57.5 Å². The Bertz CT molecular complexity index is 928. The topological polar surface area (TPSA) is 46.9 Å². The fourth-order valence-corrected chi connectivity index (χ4v) is 3.44. The predicted molar refractivity (Wildman–Crippen MR) is 104 cm³/mol. The molecule has 0 aliphatic heterocycles. The van der Waals surface area contributed by atoms with Crippen LogP contribution in [0.15, 0.2) is 42.5 Å². The maximum absolute atomic E-state index is 15.1. The van der Waals surface area contributed by atoms with Crippen LogP contribution in [0, 0.1) is 11.2 Å². The van der Waals surface area contributed by atoms with Gasteiger partial charge in [0.05, 0.1) is 10.9 Å². The minimum atomic E-state index is -0.699. The van der Waals surface area contributed by atoms with Crippen molar-refractivity contribution in [1.29, 1.82) is 0 Å². The first-order valence-electron chi connectivity index (χ1n) is 8.14. The lowest BCUT2D eigenvalue weighted by Crippen LogP contribution is -2.29. The Morgan fingerprint density at radius 2 is 1.92 bits per heavy atom. The molecule has 0 spiro atoms. The standard InChI is InChI=1S/C19H19ClFN3OS/c1-19(2,3)18(25)24-17(22-11-13-9-10-14(20)26-13)15(21)16(23-24)12-7-5-4-6-8-12/h4-10,22H,11H2,1-3H3. The second kappa shape index (κ2) is 7.21. The molecule has 1 N–H and O–H groups in total. The molecule has 1 aromatic carbocycles. The third kappa shape index (κ3) is 3.81. The maximum atomic E-state index is 15.1. The van der Waals surface area contributed by atoms with Gasteiger partial charge in [-0.2, -0.15) is 9.78 Å². The number of nitrogens with one attached hydrogen (secondary N) is 1. The van der Waals surface area contributed by atoms with E-state index in [1.54, 1.807) is 51.1 Å². The summed E-state index contributed by atoms with van der Waals surface area (Å²) in [5.41, 5.74) is 0.0670.